The largest absolute Gasteiger partial charge is 0.352 e. The van der Waals surface area contributed by atoms with Crippen molar-refractivity contribution in [3.05, 3.63) is 6.20 Å². The van der Waals surface area contributed by atoms with Gasteiger partial charge >= 0.3 is 0 Å². The highest BCUT2D eigenvalue weighted by Crippen LogP contribution is 2.04. The zero-order valence-corrected chi connectivity index (χ0v) is 12.4. The first-order valence-corrected chi connectivity index (χ1v) is 7.25. The molecule has 0 unspecified atom stereocenters. The van der Waals surface area contributed by atoms with Gasteiger partial charge in [0.2, 0.25) is 11.8 Å². The third-order valence-corrected chi connectivity index (χ3v) is 3.32. The quantitative estimate of drug-likeness (QED) is 0.694. The Kier molecular flexibility index (Phi) is 5.26. The summed E-state index contributed by atoms with van der Waals surface area (Å²) in [4.78, 5) is 23.4. The van der Waals surface area contributed by atoms with E-state index < -0.39 is 0 Å². The van der Waals surface area contributed by atoms with E-state index in [0.717, 1.165) is 25.9 Å². The first kappa shape index (κ1) is 15.4. The number of hydrogen-bond acceptors (Lipinski definition) is 5. The van der Waals surface area contributed by atoms with Gasteiger partial charge in [0.25, 0.3) is 0 Å². The minimum Gasteiger partial charge on any atom is -0.352 e. The Bertz CT molecular complexity index is 493. The van der Waals surface area contributed by atoms with Crippen molar-refractivity contribution in [2.24, 2.45) is 5.92 Å². The molecule has 0 saturated carbocycles. The highest BCUT2D eigenvalue weighted by atomic mass is 16.2. The molecule has 2 amide bonds. The van der Waals surface area contributed by atoms with E-state index in [0.29, 0.717) is 5.82 Å². The van der Waals surface area contributed by atoms with Crippen LogP contribution in [0.1, 0.15) is 26.7 Å². The van der Waals surface area contributed by atoms with Crippen molar-refractivity contribution in [3.63, 3.8) is 0 Å². The van der Waals surface area contributed by atoms with Gasteiger partial charge < -0.3 is 16.0 Å². The molecule has 0 aromatic carbocycles. The van der Waals surface area contributed by atoms with Gasteiger partial charge in [0.15, 0.2) is 5.82 Å². The molecule has 1 aromatic rings. The molecule has 8 heteroatoms. The molecule has 116 valence electrons. The molecule has 0 bridgehead atoms. The van der Waals surface area contributed by atoms with Gasteiger partial charge in [-0.2, -0.15) is 0 Å². The Morgan fingerprint density at radius 1 is 1.43 bits per heavy atom. The number of carbonyl (C=O) groups is 2. The first-order valence-electron chi connectivity index (χ1n) is 7.25. The van der Waals surface area contributed by atoms with E-state index in [1.54, 1.807) is 20.0 Å². The van der Waals surface area contributed by atoms with Crippen molar-refractivity contribution in [1.82, 2.24) is 25.6 Å². The van der Waals surface area contributed by atoms with E-state index in [1.807, 2.05) is 0 Å². The van der Waals surface area contributed by atoms with Crippen molar-refractivity contribution in [2.45, 2.75) is 39.3 Å². The van der Waals surface area contributed by atoms with Crippen LogP contribution in [0.4, 0.5) is 5.82 Å². The predicted molar refractivity (Wildman–Crippen MR) is 77.5 cm³/mol. The molecule has 2 heterocycles. The van der Waals surface area contributed by atoms with Crippen molar-refractivity contribution >= 4 is 17.6 Å². The molecule has 1 saturated heterocycles. The number of piperidine rings is 1. The normalized spacial score (nSPS) is 16.0. The van der Waals surface area contributed by atoms with E-state index in [4.69, 9.17) is 0 Å². The van der Waals surface area contributed by atoms with Gasteiger partial charge in [-0.25, -0.2) is 4.68 Å². The number of amides is 2. The minimum atomic E-state index is -0.127. The van der Waals surface area contributed by atoms with Crippen LogP contribution in [0.15, 0.2) is 6.20 Å². The molecule has 1 aliphatic heterocycles. The van der Waals surface area contributed by atoms with Crippen LogP contribution in [0.3, 0.4) is 0 Å². The summed E-state index contributed by atoms with van der Waals surface area (Å²) in [5.41, 5.74) is 0. The Hall–Kier alpha value is -1.96. The summed E-state index contributed by atoms with van der Waals surface area (Å²) in [5.74, 6) is 0.0245. The van der Waals surface area contributed by atoms with E-state index in [2.05, 4.69) is 26.3 Å². The van der Waals surface area contributed by atoms with Crippen LogP contribution in [-0.4, -0.2) is 45.9 Å². The van der Waals surface area contributed by atoms with E-state index >= 15 is 0 Å². The van der Waals surface area contributed by atoms with Crippen LogP contribution >= 0.6 is 0 Å². The first-order chi connectivity index (χ1) is 10.0. The van der Waals surface area contributed by atoms with E-state index in [-0.39, 0.29) is 30.3 Å². The van der Waals surface area contributed by atoms with Crippen LogP contribution in [0, 0.1) is 5.92 Å². The van der Waals surface area contributed by atoms with Gasteiger partial charge in [0.05, 0.1) is 6.20 Å². The Balaban J connectivity index is 1.81. The summed E-state index contributed by atoms with van der Waals surface area (Å²) in [6.07, 6.45) is 3.44. The minimum absolute atomic E-state index is 0.0893. The highest BCUT2D eigenvalue weighted by Gasteiger charge is 2.16. The van der Waals surface area contributed by atoms with Crippen molar-refractivity contribution in [3.8, 4) is 0 Å². The number of anilines is 1. The van der Waals surface area contributed by atoms with E-state index in [1.165, 1.54) is 4.68 Å². The fourth-order valence-corrected chi connectivity index (χ4v) is 2.09. The van der Waals surface area contributed by atoms with Gasteiger partial charge in [-0.1, -0.05) is 19.1 Å². The highest BCUT2D eigenvalue weighted by molar-refractivity contribution is 5.90. The molecular weight excluding hydrogens is 272 g/mol. The monoisotopic (exact) mass is 294 g/mol. The lowest BCUT2D eigenvalue weighted by molar-refractivity contribution is -0.122. The van der Waals surface area contributed by atoms with Gasteiger partial charge in [-0.05, 0) is 25.9 Å². The second-order valence-electron chi connectivity index (χ2n) is 5.54. The second kappa shape index (κ2) is 7.16. The molecule has 8 nitrogen and oxygen atoms in total. The molecule has 21 heavy (non-hydrogen) atoms. The topological polar surface area (TPSA) is 101 Å². The van der Waals surface area contributed by atoms with Gasteiger partial charge in [0.1, 0.15) is 6.54 Å². The molecule has 0 aliphatic carbocycles. The number of rotatable bonds is 5. The maximum Gasteiger partial charge on any atom is 0.242 e. The van der Waals surface area contributed by atoms with Crippen LogP contribution < -0.4 is 16.0 Å². The average Bonchev–Trinajstić information content (AvgIpc) is 2.86. The Morgan fingerprint density at radius 2 is 2.14 bits per heavy atom. The molecule has 0 radical (unpaired) electrons. The summed E-state index contributed by atoms with van der Waals surface area (Å²) in [5, 5.41) is 16.5. The molecule has 2 rings (SSSR count). The lowest BCUT2D eigenvalue weighted by atomic mass is 10.1. The molecule has 3 N–H and O–H groups in total. The van der Waals surface area contributed by atoms with E-state index in [9.17, 15) is 9.59 Å². The smallest absolute Gasteiger partial charge is 0.242 e. The Labute approximate surface area is 123 Å². The number of nitrogens with one attached hydrogen (secondary N) is 3. The number of nitrogens with zero attached hydrogens (tertiary/aromatic N) is 3. The summed E-state index contributed by atoms with van der Waals surface area (Å²) >= 11 is 0. The predicted octanol–water partition coefficient (Wildman–Crippen LogP) is -0.259. The zero-order valence-electron chi connectivity index (χ0n) is 12.4. The third-order valence-electron chi connectivity index (χ3n) is 3.32. The molecule has 1 fully saturated rings. The van der Waals surface area contributed by atoms with Gasteiger partial charge in [0, 0.05) is 12.0 Å². The fraction of sp³-hybridized carbons (Fsp3) is 0.692. The van der Waals surface area contributed by atoms with Gasteiger partial charge in [-0.15, -0.1) is 5.10 Å². The molecule has 0 atom stereocenters. The molecule has 1 aliphatic rings. The Morgan fingerprint density at radius 3 is 2.81 bits per heavy atom. The average molecular weight is 294 g/mol. The maximum absolute atomic E-state index is 11.9. The summed E-state index contributed by atoms with van der Waals surface area (Å²) in [6.45, 7) is 5.56. The van der Waals surface area contributed by atoms with Crippen LogP contribution in [0.2, 0.25) is 0 Å². The number of aromatic nitrogens is 3. The maximum atomic E-state index is 11.9. The summed E-state index contributed by atoms with van der Waals surface area (Å²) < 4.78 is 1.42. The third kappa shape index (κ3) is 4.82. The molecule has 1 aromatic heterocycles. The van der Waals surface area contributed by atoms with Crippen molar-refractivity contribution < 1.29 is 9.59 Å². The lowest BCUT2D eigenvalue weighted by Gasteiger charge is -2.23. The summed E-state index contributed by atoms with van der Waals surface area (Å²) in [7, 11) is 0. The summed E-state index contributed by atoms with van der Waals surface area (Å²) in [6, 6.07) is 0.224. The lowest BCUT2D eigenvalue weighted by Crippen LogP contribution is -2.43. The number of carbonyl (C=O) groups excluding carboxylic acids is 2. The van der Waals surface area contributed by atoms with Crippen LogP contribution in [-0.2, 0) is 16.1 Å². The van der Waals surface area contributed by atoms with Crippen molar-refractivity contribution in [1.29, 1.82) is 0 Å². The second-order valence-corrected chi connectivity index (χ2v) is 5.54. The van der Waals surface area contributed by atoms with Gasteiger partial charge in [-0.3, -0.25) is 9.59 Å². The standard InChI is InChI=1S/C13H22N6O2/c1-9(2)13(21)16-11-7-19(18-17-11)8-12(20)15-10-3-5-14-6-4-10/h7,9-10,14H,3-6,8H2,1-2H3,(H,15,20)(H,16,21). The SMILES string of the molecule is CC(C)C(=O)Nc1cn(CC(=O)NC2CCNCC2)nn1. The molecule has 0 spiro atoms. The zero-order chi connectivity index (χ0) is 15.2. The fourth-order valence-electron chi connectivity index (χ4n) is 2.09. The number of hydrogen-bond donors (Lipinski definition) is 3. The van der Waals surface area contributed by atoms with Crippen LogP contribution in [0.5, 0.6) is 0 Å². The van der Waals surface area contributed by atoms with Crippen molar-refractivity contribution in [2.75, 3.05) is 18.4 Å². The van der Waals surface area contributed by atoms with Crippen LogP contribution in [0.25, 0.3) is 0 Å². The molecular formula is C13H22N6O2.